The summed E-state index contributed by atoms with van der Waals surface area (Å²) in [6.45, 7) is 8.28. The third-order valence-electron chi connectivity index (χ3n) is 2.48. The molecular weight excluding hydrogens is 164 g/mol. The van der Waals surface area contributed by atoms with Crippen LogP contribution in [0.2, 0.25) is 0 Å². The van der Waals surface area contributed by atoms with E-state index in [-0.39, 0.29) is 0 Å². The first kappa shape index (κ1) is 11.0. The highest BCUT2D eigenvalue weighted by Gasteiger charge is 2.17. The summed E-state index contributed by atoms with van der Waals surface area (Å²) in [5, 5.41) is 0. The molecule has 0 amide bonds. The quantitative estimate of drug-likeness (QED) is 0.707. The van der Waals surface area contributed by atoms with Gasteiger partial charge in [-0.25, -0.2) is 0 Å². The highest BCUT2D eigenvalue weighted by Crippen LogP contribution is 2.05. The Morgan fingerprint density at radius 1 is 1.62 bits per heavy atom. The Labute approximate surface area is 81.2 Å². The third-order valence-corrected chi connectivity index (χ3v) is 2.48. The molecule has 3 nitrogen and oxygen atoms in total. The minimum atomic E-state index is 0.343. The lowest BCUT2D eigenvalue weighted by atomic mass is 10.1. The van der Waals surface area contributed by atoms with Gasteiger partial charge < -0.3 is 10.5 Å². The zero-order valence-electron chi connectivity index (χ0n) is 8.83. The standard InChI is InChI=1S/C10H22N2O/c1-3-4-10(11)8-12-5-6-13-9(2)7-12/h9-10H,3-8,11H2,1-2H3. The van der Waals surface area contributed by atoms with E-state index in [1.54, 1.807) is 0 Å². The minimum absolute atomic E-state index is 0.343. The number of ether oxygens (including phenoxy) is 1. The molecule has 0 aromatic carbocycles. The van der Waals surface area contributed by atoms with Crippen molar-refractivity contribution in [3.63, 3.8) is 0 Å². The molecule has 1 rings (SSSR count). The van der Waals surface area contributed by atoms with Crippen LogP contribution >= 0.6 is 0 Å². The topological polar surface area (TPSA) is 38.5 Å². The number of nitrogens with two attached hydrogens (primary N) is 1. The lowest BCUT2D eigenvalue weighted by Crippen LogP contribution is -2.46. The van der Waals surface area contributed by atoms with E-state index < -0.39 is 0 Å². The van der Waals surface area contributed by atoms with Gasteiger partial charge in [-0.15, -0.1) is 0 Å². The van der Waals surface area contributed by atoms with Gasteiger partial charge in [0.25, 0.3) is 0 Å². The fraction of sp³-hybridized carbons (Fsp3) is 1.00. The highest BCUT2D eigenvalue weighted by molar-refractivity contribution is 4.73. The average molecular weight is 186 g/mol. The van der Waals surface area contributed by atoms with E-state index in [4.69, 9.17) is 10.5 Å². The van der Waals surface area contributed by atoms with E-state index in [0.29, 0.717) is 12.1 Å². The fourth-order valence-corrected chi connectivity index (χ4v) is 1.85. The van der Waals surface area contributed by atoms with Crippen LogP contribution in [-0.4, -0.2) is 43.3 Å². The van der Waals surface area contributed by atoms with Gasteiger partial charge in [-0.3, -0.25) is 4.90 Å². The van der Waals surface area contributed by atoms with Crippen molar-refractivity contribution < 1.29 is 4.74 Å². The molecular formula is C10H22N2O. The summed E-state index contributed by atoms with van der Waals surface area (Å²) in [5.74, 6) is 0. The van der Waals surface area contributed by atoms with Gasteiger partial charge in [-0.05, 0) is 13.3 Å². The average Bonchev–Trinajstić information content (AvgIpc) is 2.04. The Balaban J connectivity index is 2.19. The number of morpholine rings is 1. The molecule has 0 spiro atoms. The zero-order valence-corrected chi connectivity index (χ0v) is 8.83. The first-order valence-corrected chi connectivity index (χ1v) is 5.32. The van der Waals surface area contributed by atoms with E-state index in [1.165, 1.54) is 6.42 Å². The van der Waals surface area contributed by atoms with Crippen LogP contribution in [0.3, 0.4) is 0 Å². The molecule has 13 heavy (non-hydrogen) atoms. The van der Waals surface area contributed by atoms with Gasteiger partial charge in [-0.1, -0.05) is 13.3 Å². The maximum atomic E-state index is 5.98. The van der Waals surface area contributed by atoms with Crippen molar-refractivity contribution in [3.8, 4) is 0 Å². The first-order valence-electron chi connectivity index (χ1n) is 5.32. The smallest absolute Gasteiger partial charge is 0.0674 e. The van der Waals surface area contributed by atoms with Crippen molar-refractivity contribution in [3.05, 3.63) is 0 Å². The van der Waals surface area contributed by atoms with Crippen LogP contribution in [0.25, 0.3) is 0 Å². The van der Waals surface area contributed by atoms with Crippen molar-refractivity contribution in [1.29, 1.82) is 0 Å². The van der Waals surface area contributed by atoms with Crippen LogP contribution in [0.5, 0.6) is 0 Å². The SMILES string of the molecule is CCCC(N)CN1CCOC(C)C1. The van der Waals surface area contributed by atoms with E-state index in [9.17, 15) is 0 Å². The molecule has 3 heteroatoms. The Hall–Kier alpha value is -0.120. The summed E-state index contributed by atoms with van der Waals surface area (Å²) in [7, 11) is 0. The van der Waals surface area contributed by atoms with Crippen LogP contribution < -0.4 is 5.73 Å². The summed E-state index contributed by atoms with van der Waals surface area (Å²) in [4.78, 5) is 2.41. The predicted molar refractivity (Wildman–Crippen MR) is 54.7 cm³/mol. The fourth-order valence-electron chi connectivity index (χ4n) is 1.85. The van der Waals surface area contributed by atoms with Crippen molar-refractivity contribution in [2.24, 2.45) is 5.73 Å². The molecule has 0 aromatic heterocycles. The highest BCUT2D eigenvalue weighted by atomic mass is 16.5. The molecule has 0 saturated carbocycles. The van der Waals surface area contributed by atoms with Gasteiger partial charge in [-0.2, -0.15) is 0 Å². The third kappa shape index (κ3) is 4.07. The zero-order chi connectivity index (χ0) is 9.68. The Bertz CT molecular complexity index is 141. The molecule has 78 valence electrons. The van der Waals surface area contributed by atoms with Crippen molar-refractivity contribution in [2.75, 3.05) is 26.2 Å². The van der Waals surface area contributed by atoms with Crippen LogP contribution in [-0.2, 0) is 4.74 Å². The van der Waals surface area contributed by atoms with E-state index in [2.05, 4.69) is 18.7 Å². The van der Waals surface area contributed by atoms with Gasteiger partial charge in [0, 0.05) is 25.7 Å². The normalized spacial score (nSPS) is 27.5. The first-order chi connectivity index (χ1) is 6.22. The Kier molecular flexibility index (Phi) is 4.70. The molecule has 2 unspecified atom stereocenters. The maximum absolute atomic E-state index is 5.98. The van der Waals surface area contributed by atoms with Gasteiger partial charge >= 0.3 is 0 Å². The number of hydrogen-bond donors (Lipinski definition) is 1. The molecule has 0 bridgehead atoms. The molecule has 2 N–H and O–H groups in total. The van der Waals surface area contributed by atoms with Crippen LogP contribution in [0, 0.1) is 0 Å². The maximum Gasteiger partial charge on any atom is 0.0674 e. The summed E-state index contributed by atoms with van der Waals surface area (Å²) < 4.78 is 5.47. The van der Waals surface area contributed by atoms with Crippen molar-refractivity contribution in [1.82, 2.24) is 4.90 Å². The molecule has 1 aliphatic heterocycles. The number of rotatable bonds is 4. The summed E-state index contributed by atoms with van der Waals surface area (Å²) in [6, 6.07) is 0.343. The van der Waals surface area contributed by atoms with Gasteiger partial charge in [0.05, 0.1) is 12.7 Å². The number of nitrogens with zero attached hydrogens (tertiary/aromatic N) is 1. The monoisotopic (exact) mass is 186 g/mol. The second-order valence-corrected chi connectivity index (χ2v) is 3.99. The minimum Gasteiger partial charge on any atom is -0.376 e. The van der Waals surface area contributed by atoms with Gasteiger partial charge in [0.2, 0.25) is 0 Å². The molecule has 2 atom stereocenters. The predicted octanol–water partition coefficient (Wildman–Crippen LogP) is 0.834. The largest absolute Gasteiger partial charge is 0.376 e. The lowest BCUT2D eigenvalue weighted by Gasteiger charge is -2.32. The summed E-state index contributed by atoms with van der Waals surface area (Å²) >= 11 is 0. The van der Waals surface area contributed by atoms with Crippen LogP contribution in [0.15, 0.2) is 0 Å². The molecule has 1 fully saturated rings. The molecule has 1 saturated heterocycles. The molecule has 0 aliphatic carbocycles. The molecule has 0 radical (unpaired) electrons. The Morgan fingerprint density at radius 3 is 3.00 bits per heavy atom. The molecule has 1 heterocycles. The lowest BCUT2D eigenvalue weighted by molar-refractivity contribution is -0.0200. The summed E-state index contributed by atoms with van der Waals surface area (Å²) in [5.41, 5.74) is 5.98. The molecule has 1 aliphatic rings. The van der Waals surface area contributed by atoms with Crippen LogP contribution in [0.1, 0.15) is 26.7 Å². The van der Waals surface area contributed by atoms with E-state index >= 15 is 0 Å². The van der Waals surface area contributed by atoms with Gasteiger partial charge in [0.15, 0.2) is 0 Å². The van der Waals surface area contributed by atoms with E-state index in [0.717, 1.165) is 32.7 Å². The van der Waals surface area contributed by atoms with Crippen molar-refractivity contribution in [2.45, 2.75) is 38.8 Å². The summed E-state index contributed by atoms with van der Waals surface area (Å²) in [6.07, 6.45) is 2.69. The van der Waals surface area contributed by atoms with Gasteiger partial charge in [0.1, 0.15) is 0 Å². The van der Waals surface area contributed by atoms with E-state index in [1.807, 2.05) is 0 Å². The van der Waals surface area contributed by atoms with Crippen LogP contribution in [0.4, 0.5) is 0 Å². The number of hydrogen-bond acceptors (Lipinski definition) is 3. The second-order valence-electron chi connectivity index (χ2n) is 3.99. The van der Waals surface area contributed by atoms with Crippen molar-refractivity contribution >= 4 is 0 Å². The Morgan fingerprint density at radius 2 is 2.38 bits per heavy atom. The second kappa shape index (κ2) is 5.58. The molecule has 0 aromatic rings.